The molecule has 4 nitrogen and oxygen atoms in total. The molecule has 2 aromatic rings. The van der Waals surface area contributed by atoms with Crippen molar-refractivity contribution in [2.45, 2.75) is 13.0 Å². The van der Waals surface area contributed by atoms with Crippen molar-refractivity contribution >= 4 is 0 Å². The molecule has 0 aliphatic rings. The standard InChI is InChI=1S/C10H10FN3O/c1-7(15)10-9(5-8(11)6-12-10)14-4-2-3-13-14/h2-7,15H,1H3/t7-/m1/s1. The van der Waals surface area contributed by atoms with Crippen LogP contribution in [0, 0.1) is 5.82 Å². The Bertz CT molecular complexity index is 454. The van der Waals surface area contributed by atoms with E-state index in [0.29, 0.717) is 11.4 Å². The molecular weight excluding hydrogens is 197 g/mol. The van der Waals surface area contributed by atoms with Gasteiger partial charge in [-0.05, 0) is 13.0 Å². The number of aliphatic hydroxyl groups is 1. The predicted octanol–water partition coefficient (Wildman–Crippen LogP) is 1.46. The molecule has 0 fully saturated rings. The van der Waals surface area contributed by atoms with Crippen molar-refractivity contribution in [2.75, 3.05) is 0 Å². The molecular formula is C10H10FN3O. The quantitative estimate of drug-likeness (QED) is 0.811. The van der Waals surface area contributed by atoms with Crippen molar-refractivity contribution in [1.82, 2.24) is 14.8 Å². The van der Waals surface area contributed by atoms with Crippen LogP contribution in [0.3, 0.4) is 0 Å². The maximum Gasteiger partial charge on any atom is 0.143 e. The first-order valence-electron chi connectivity index (χ1n) is 4.52. The second-order valence-electron chi connectivity index (χ2n) is 3.18. The molecule has 0 aromatic carbocycles. The molecule has 0 saturated heterocycles. The van der Waals surface area contributed by atoms with Gasteiger partial charge in [-0.1, -0.05) is 0 Å². The minimum atomic E-state index is -0.759. The van der Waals surface area contributed by atoms with Crippen molar-refractivity contribution < 1.29 is 9.50 Å². The predicted molar refractivity (Wildman–Crippen MR) is 52.0 cm³/mol. The molecule has 0 unspecified atom stereocenters. The van der Waals surface area contributed by atoms with Crippen molar-refractivity contribution in [3.05, 3.63) is 42.2 Å². The highest BCUT2D eigenvalue weighted by Crippen LogP contribution is 2.19. The summed E-state index contributed by atoms with van der Waals surface area (Å²) in [4.78, 5) is 3.85. The van der Waals surface area contributed by atoms with Crippen LogP contribution in [-0.4, -0.2) is 19.9 Å². The monoisotopic (exact) mass is 207 g/mol. The zero-order chi connectivity index (χ0) is 10.8. The summed E-state index contributed by atoms with van der Waals surface area (Å²) < 4.78 is 14.5. The average molecular weight is 207 g/mol. The van der Waals surface area contributed by atoms with E-state index >= 15 is 0 Å². The zero-order valence-corrected chi connectivity index (χ0v) is 8.13. The first-order chi connectivity index (χ1) is 7.18. The van der Waals surface area contributed by atoms with Crippen LogP contribution in [0.15, 0.2) is 30.7 Å². The van der Waals surface area contributed by atoms with Gasteiger partial charge in [0.1, 0.15) is 5.82 Å². The van der Waals surface area contributed by atoms with Gasteiger partial charge in [-0.2, -0.15) is 5.10 Å². The van der Waals surface area contributed by atoms with E-state index in [4.69, 9.17) is 0 Å². The van der Waals surface area contributed by atoms with Gasteiger partial charge in [0.25, 0.3) is 0 Å². The van der Waals surface area contributed by atoms with E-state index in [1.807, 2.05) is 0 Å². The fourth-order valence-corrected chi connectivity index (χ4v) is 1.36. The highest BCUT2D eigenvalue weighted by Gasteiger charge is 2.12. The third-order valence-electron chi connectivity index (χ3n) is 2.01. The van der Waals surface area contributed by atoms with Crippen LogP contribution in [0.25, 0.3) is 5.69 Å². The van der Waals surface area contributed by atoms with Gasteiger partial charge in [0.15, 0.2) is 0 Å². The van der Waals surface area contributed by atoms with Crippen molar-refractivity contribution in [3.8, 4) is 5.69 Å². The lowest BCUT2D eigenvalue weighted by Gasteiger charge is -2.10. The van der Waals surface area contributed by atoms with Crippen LogP contribution in [0.1, 0.15) is 18.7 Å². The normalized spacial score (nSPS) is 12.7. The molecule has 2 rings (SSSR count). The Labute approximate surface area is 86.0 Å². The number of rotatable bonds is 2. The topological polar surface area (TPSA) is 50.9 Å². The van der Waals surface area contributed by atoms with Crippen molar-refractivity contribution in [2.24, 2.45) is 0 Å². The van der Waals surface area contributed by atoms with E-state index in [-0.39, 0.29) is 0 Å². The summed E-state index contributed by atoms with van der Waals surface area (Å²) in [5.74, 6) is -0.454. The van der Waals surface area contributed by atoms with E-state index in [9.17, 15) is 9.50 Å². The van der Waals surface area contributed by atoms with Gasteiger partial charge in [0.2, 0.25) is 0 Å². The van der Waals surface area contributed by atoms with Gasteiger partial charge >= 0.3 is 0 Å². The van der Waals surface area contributed by atoms with Gasteiger partial charge in [-0.3, -0.25) is 4.98 Å². The summed E-state index contributed by atoms with van der Waals surface area (Å²) in [6.07, 6.45) is 3.57. The van der Waals surface area contributed by atoms with Gasteiger partial charge in [0, 0.05) is 18.5 Å². The number of halogens is 1. The maximum atomic E-state index is 13.0. The smallest absolute Gasteiger partial charge is 0.143 e. The number of hydrogen-bond acceptors (Lipinski definition) is 3. The van der Waals surface area contributed by atoms with Crippen LogP contribution < -0.4 is 0 Å². The summed E-state index contributed by atoms with van der Waals surface area (Å²) in [5.41, 5.74) is 0.857. The van der Waals surface area contributed by atoms with Crippen LogP contribution in [0.2, 0.25) is 0 Å². The van der Waals surface area contributed by atoms with Gasteiger partial charge in [-0.25, -0.2) is 9.07 Å². The summed E-state index contributed by atoms with van der Waals surface area (Å²) >= 11 is 0. The number of nitrogens with zero attached hydrogens (tertiary/aromatic N) is 3. The van der Waals surface area contributed by atoms with Gasteiger partial charge in [-0.15, -0.1) is 0 Å². The maximum absolute atomic E-state index is 13.0. The molecule has 0 spiro atoms. The second kappa shape index (κ2) is 3.78. The lowest BCUT2D eigenvalue weighted by molar-refractivity contribution is 0.193. The number of pyridine rings is 1. The zero-order valence-electron chi connectivity index (χ0n) is 8.13. The van der Waals surface area contributed by atoms with Crippen LogP contribution >= 0.6 is 0 Å². The van der Waals surface area contributed by atoms with Crippen LogP contribution in [0.5, 0.6) is 0 Å². The van der Waals surface area contributed by atoms with E-state index in [1.54, 1.807) is 25.4 Å². The molecule has 0 amide bonds. The number of hydrogen-bond donors (Lipinski definition) is 1. The van der Waals surface area contributed by atoms with E-state index < -0.39 is 11.9 Å². The lowest BCUT2D eigenvalue weighted by atomic mass is 10.2. The fourth-order valence-electron chi connectivity index (χ4n) is 1.36. The molecule has 2 heterocycles. The lowest BCUT2D eigenvalue weighted by Crippen LogP contribution is -2.06. The van der Waals surface area contributed by atoms with E-state index in [2.05, 4.69) is 10.1 Å². The Kier molecular flexibility index (Phi) is 2.47. The molecule has 1 N–H and O–H groups in total. The third kappa shape index (κ3) is 1.87. The highest BCUT2D eigenvalue weighted by molar-refractivity contribution is 5.36. The first-order valence-corrected chi connectivity index (χ1v) is 4.52. The highest BCUT2D eigenvalue weighted by atomic mass is 19.1. The van der Waals surface area contributed by atoms with Gasteiger partial charge < -0.3 is 5.11 Å². The minimum Gasteiger partial charge on any atom is -0.387 e. The fraction of sp³-hybridized carbons (Fsp3) is 0.200. The molecule has 0 saturated carbocycles. The Hall–Kier alpha value is -1.75. The molecule has 2 aromatic heterocycles. The summed E-state index contributed by atoms with van der Waals surface area (Å²) in [6.45, 7) is 1.58. The summed E-state index contributed by atoms with van der Waals surface area (Å²) in [5, 5.41) is 13.4. The average Bonchev–Trinajstić information content (AvgIpc) is 2.69. The molecule has 0 radical (unpaired) electrons. The summed E-state index contributed by atoms with van der Waals surface area (Å²) in [7, 11) is 0. The number of aliphatic hydroxyl groups excluding tert-OH is 1. The first kappa shape index (κ1) is 9.79. The Morgan fingerprint density at radius 3 is 2.93 bits per heavy atom. The van der Waals surface area contributed by atoms with E-state index in [0.717, 1.165) is 6.20 Å². The molecule has 5 heteroatoms. The minimum absolute atomic E-state index is 0.403. The molecule has 1 atom stereocenters. The van der Waals surface area contributed by atoms with Gasteiger partial charge in [0.05, 0.1) is 23.7 Å². The Morgan fingerprint density at radius 1 is 1.53 bits per heavy atom. The summed E-state index contributed by atoms with van der Waals surface area (Å²) in [6, 6.07) is 3.01. The second-order valence-corrected chi connectivity index (χ2v) is 3.18. The van der Waals surface area contributed by atoms with Crippen molar-refractivity contribution in [3.63, 3.8) is 0 Å². The SMILES string of the molecule is C[C@@H](O)c1ncc(F)cc1-n1cccn1. The third-order valence-corrected chi connectivity index (χ3v) is 2.01. The van der Waals surface area contributed by atoms with Crippen molar-refractivity contribution in [1.29, 1.82) is 0 Å². The Balaban J connectivity index is 2.58. The molecule has 0 aliphatic heterocycles. The molecule has 0 bridgehead atoms. The van der Waals surface area contributed by atoms with E-state index in [1.165, 1.54) is 10.7 Å². The molecule has 0 aliphatic carbocycles. The van der Waals surface area contributed by atoms with Crippen LogP contribution in [-0.2, 0) is 0 Å². The largest absolute Gasteiger partial charge is 0.387 e. The number of aromatic nitrogens is 3. The Morgan fingerprint density at radius 2 is 2.33 bits per heavy atom. The molecule has 15 heavy (non-hydrogen) atoms. The molecule has 78 valence electrons. The van der Waals surface area contributed by atoms with Crippen LogP contribution in [0.4, 0.5) is 4.39 Å².